The summed E-state index contributed by atoms with van der Waals surface area (Å²) >= 11 is 0. The summed E-state index contributed by atoms with van der Waals surface area (Å²) in [5.41, 5.74) is 2.04. The third kappa shape index (κ3) is 16.7. The van der Waals surface area contributed by atoms with E-state index >= 15 is 0 Å². The molecule has 2 saturated heterocycles. The van der Waals surface area contributed by atoms with Crippen molar-refractivity contribution in [1.29, 1.82) is 0 Å². The Hall–Kier alpha value is -0.746. The Kier molecular flexibility index (Phi) is 23.0. The zero-order valence-electron chi connectivity index (χ0n) is 16.8. The van der Waals surface area contributed by atoms with Gasteiger partial charge in [0.2, 0.25) is 0 Å². The number of rotatable bonds is 5. The molecule has 0 bridgehead atoms. The SMILES string of the molecule is C1CCOC1.C1CCOC1.[Cl-].[Cl-].[Ti+4].c1ccc([N-]CC[N-]c2ccccc2)cc1. The van der Waals surface area contributed by atoms with Crippen LogP contribution in [0.15, 0.2) is 60.7 Å². The van der Waals surface area contributed by atoms with Gasteiger partial charge in [-0.05, 0) is 25.7 Å². The van der Waals surface area contributed by atoms with Gasteiger partial charge in [0.15, 0.2) is 0 Å². The summed E-state index contributed by atoms with van der Waals surface area (Å²) in [6.45, 7) is 5.47. The molecule has 0 amide bonds. The molecule has 7 heteroatoms. The summed E-state index contributed by atoms with van der Waals surface area (Å²) in [5, 5.41) is 8.86. The van der Waals surface area contributed by atoms with Gasteiger partial charge in [-0.25, -0.2) is 0 Å². The van der Waals surface area contributed by atoms with Gasteiger partial charge in [0.1, 0.15) is 0 Å². The van der Waals surface area contributed by atoms with Crippen molar-refractivity contribution < 1.29 is 56.0 Å². The summed E-state index contributed by atoms with van der Waals surface area (Å²) in [7, 11) is 0. The van der Waals surface area contributed by atoms with Gasteiger partial charge >= 0.3 is 21.7 Å². The minimum atomic E-state index is 0. The molecular weight excluding hydrogens is 443 g/mol. The van der Waals surface area contributed by atoms with Crippen molar-refractivity contribution in [2.24, 2.45) is 0 Å². The van der Waals surface area contributed by atoms with Gasteiger partial charge in [-0.3, -0.25) is 0 Å². The van der Waals surface area contributed by atoms with E-state index in [2.05, 4.69) is 10.6 Å². The van der Waals surface area contributed by atoms with Crippen LogP contribution >= 0.6 is 0 Å². The Morgan fingerprint density at radius 1 is 0.552 bits per heavy atom. The van der Waals surface area contributed by atoms with Gasteiger partial charge in [-0.15, -0.1) is 24.5 Å². The minimum Gasteiger partial charge on any atom is -1.00 e. The van der Waals surface area contributed by atoms with Crippen molar-refractivity contribution in [3.8, 4) is 0 Å². The Morgan fingerprint density at radius 2 is 0.862 bits per heavy atom. The standard InChI is InChI=1S/C14H14N2.2C4H8O.2ClH.Ti/c1-3-7-13(8-4-1)15-11-12-16-14-9-5-2-6-10-14;2*1-2-4-5-3-1;;;/h1-10H,11-12H2;2*1-4H2;2*1H;/q-2;;;;;+4/p-2. The molecule has 2 fully saturated rings. The Labute approximate surface area is 203 Å². The van der Waals surface area contributed by atoms with Crippen molar-refractivity contribution >= 4 is 11.4 Å². The van der Waals surface area contributed by atoms with Crippen LogP contribution in [0.5, 0.6) is 0 Å². The van der Waals surface area contributed by atoms with Crippen LogP contribution in [-0.4, -0.2) is 39.5 Å². The van der Waals surface area contributed by atoms with Crippen LogP contribution < -0.4 is 24.8 Å². The van der Waals surface area contributed by atoms with E-state index in [0.29, 0.717) is 0 Å². The van der Waals surface area contributed by atoms with Gasteiger partial charge in [-0.1, -0.05) is 60.7 Å². The molecule has 29 heavy (non-hydrogen) atoms. The maximum absolute atomic E-state index is 4.94. The number of benzene rings is 2. The first-order valence-electron chi connectivity index (χ1n) is 9.56. The smallest absolute Gasteiger partial charge is 1.00 e. The minimum absolute atomic E-state index is 0. The maximum atomic E-state index is 4.94. The largest absolute Gasteiger partial charge is 4.00 e. The predicted molar refractivity (Wildman–Crippen MR) is 109 cm³/mol. The summed E-state index contributed by atoms with van der Waals surface area (Å²) < 4.78 is 9.89. The van der Waals surface area contributed by atoms with Crippen LogP contribution in [0.1, 0.15) is 25.7 Å². The number of halogens is 2. The van der Waals surface area contributed by atoms with E-state index in [0.717, 1.165) is 50.9 Å². The summed E-state index contributed by atoms with van der Waals surface area (Å²) in [6.07, 6.45) is 5.11. The molecular formula is C22H30Cl2N2O2Ti. The fourth-order valence-electron chi connectivity index (χ4n) is 2.45. The van der Waals surface area contributed by atoms with Crippen LogP contribution in [0.4, 0.5) is 11.4 Å². The number of hydrogen-bond donors (Lipinski definition) is 0. The molecule has 2 aromatic rings. The Balaban J connectivity index is 0. The van der Waals surface area contributed by atoms with Crippen molar-refractivity contribution in [2.45, 2.75) is 25.7 Å². The second-order valence-corrected chi connectivity index (χ2v) is 6.07. The van der Waals surface area contributed by atoms with Gasteiger partial charge in [0.05, 0.1) is 0 Å². The molecule has 0 spiro atoms. The molecule has 0 unspecified atom stereocenters. The average molecular weight is 473 g/mol. The van der Waals surface area contributed by atoms with Crippen LogP contribution in [-0.2, 0) is 31.2 Å². The molecule has 2 aliphatic heterocycles. The van der Waals surface area contributed by atoms with Crippen LogP contribution in [0.3, 0.4) is 0 Å². The second kappa shape index (κ2) is 22.0. The molecule has 2 aliphatic rings. The molecule has 0 N–H and O–H groups in total. The molecule has 0 aromatic heterocycles. The molecule has 4 rings (SSSR count). The molecule has 158 valence electrons. The predicted octanol–water partition coefficient (Wildman–Crippen LogP) is -0.00370. The number of ether oxygens (including phenoxy) is 2. The normalized spacial score (nSPS) is 13.7. The van der Waals surface area contributed by atoms with E-state index in [1.54, 1.807) is 0 Å². The van der Waals surface area contributed by atoms with Crippen LogP contribution in [0, 0.1) is 0 Å². The number of para-hydroxylation sites is 2. The van der Waals surface area contributed by atoms with Crippen LogP contribution in [0.25, 0.3) is 10.6 Å². The fourth-order valence-corrected chi connectivity index (χ4v) is 2.45. The van der Waals surface area contributed by atoms with Crippen molar-refractivity contribution in [2.75, 3.05) is 39.5 Å². The first kappa shape index (κ1) is 30.4. The van der Waals surface area contributed by atoms with Gasteiger partial charge < -0.3 is 44.9 Å². The molecule has 2 aromatic carbocycles. The van der Waals surface area contributed by atoms with Gasteiger partial charge in [-0.2, -0.15) is 0 Å². The second-order valence-electron chi connectivity index (χ2n) is 6.07. The average Bonchev–Trinajstić information content (AvgIpc) is 3.46. The third-order valence-electron chi connectivity index (χ3n) is 3.86. The molecule has 0 saturated carbocycles. The third-order valence-corrected chi connectivity index (χ3v) is 3.86. The summed E-state index contributed by atoms with van der Waals surface area (Å²) in [4.78, 5) is 0. The van der Waals surface area contributed by atoms with Gasteiger partial charge in [0.25, 0.3) is 0 Å². The van der Waals surface area contributed by atoms with E-state index in [4.69, 9.17) is 9.47 Å². The molecule has 4 nitrogen and oxygen atoms in total. The van der Waals surface area contributed by atoms with E-state index in [-0.39, 0.29) is 46.5 Å². The van der Waals surface area contributed by atoms with E-state index in [1.807, 2.05) is 60.7 Å². The fraction of sp³-hybridized carbons (Fsp3) is 0.455. The Bertz CT molecular complexity index is 491. The van der Waals surface area contributed by atoms with E-state index in [9.17, 15) is 0 Å². The molecule has 2 heterocycles. The molecule has 0 radical (unpaired) electrons. The summed E-state index contributed by atoms with van der Waals surface area (Å²) in [5.74, 6) is 0. The first-order chi connectivity index (χ1) is 12.9. The van der Waals surface area contributed by atoms with Crippen molar-refractivity contribution in [3.63, 3.8) is 0 Å². The quantitative estimate of drug-likeness (QED) is 0.454. The van der Waals surface area contributed by atoms with Gasteiger partial charge in [0, 0.05) is 26.4 Å². The zero-order chi connectivity index (χ0) is 18.1. The van der Waals surface area contributed by atoms with E-state index in [1.165, 1.54) is 25.7 Å². The summed E-state index contributed by atoms with van der Waals surface area (Å²) in [6, 6.07) is 20.0. The van der Waals surface area contributed by atoms with Crippen molar-refractivity contribution in [1.82, 2.24) is 0 Å². The number of hydrogen-bond acceptors (Lipinski definition) is 2. The van der Waals surface area contributed by atoms with E-state index < -0.39 is 0 Å². The Morgan fingerprint density at radius 3 is 1.10 bits per heavy atom. The maximum Gasteiger partial charge on any atom is 4.00 e. The zero-order valence-corrected chi connectivity index (χ0v) is 19.9. The number of nitrogens with zero attached hydrogens (tertiary/aromatic N) is 2. The first-order valence-corrected chi connectivity index (χ1v) is 9.56. The topological polar surface area (TPSA) is 46.7 Å². The van der Waals surface area contributed by atoms with Crippen molar-refractivity contribution in [3.05, 3.63) is 71.3 Å². The molecule has 0 atom stereocenters. The van der Waals surface area contributed by atoms with Crippen LogP contribution in [0.2, 0.25) is 0 Å². The monoisotopic (exact) mass is 472 g/mol. The molecule has 0 aliphatic carbocycles.